The third-order valence-corrected chi connectivity index (χ3v) is 2.72. The van der Waals surface area contributed by atoms with Crippen LogP contribution in [0.3, 0.4) is 0 Å². The summed E-state index contributed by atoms with van der Waals surface area (Å²) in [6.07, 6.45) is 5.88. The van der Waals surface area contributed by atoms with Crippen LogP contribution in [0, 0.1) is 18.3 Å². The highest BCUT2D eigenvalue weighted by atomic mass is 32.2. The Bertz CT molecular complexity index is 177. The van der Waals surface area contributed by atoms with E-state index in [2.05, 4.69) is 5.92 Å². The molecule has 1 atom stereocenters. The average molecular weight is 170 g/mol. The van der Waals surface area contributed by atoms with Gasteiger partial charge < -0.3 is 4.74 Å². The van der Waals surface area contributed by atoms with Gasteiger partial charge in [-0.2, -0.15) is 11.8 Å². The highest BCUT2D eigenvalue weighted by Gasteiger charge is 2.23. The first-order valence-corrected chi connectivity index (χ1v) is 4.68. The predicted molar refractivity (Wildman–Crippen MR) is 45.2 cm³/mol. The molecule has 60 valence electrons. The van der Waals surface area contributed by atoms with Crippen LogP contribution in [0.25, 0.3) is 0 Å². The third-order valence-electron chi connectivity index (χ3n) is 1.56. The molecule has 3 heteroatoms. The van der Waals surface area contributed by atoms with Crippen LogP contribution in [0.4, 0.5) is 0 Å². The van der Waals surface area contributed by atoms with Crippen LogP contribution < -0.4 is 0 Å². The van der Waals surface area contributed by atoms with E-state index in [1.165, 1.54) is 0 Å². The molecule has 0 amide bonds. The Morgan fingerprint density at radius 2 is 2.64 bits per heavy atom. The lowest BCUT2D eigenvalue weighted by Gasteiger charge is -2.05. The van der Waals surface area contributed by atoms with Gasteiger partial charge in [0.15, 0.2) is 6.61 Å². The Kier molecular flexibility index (Phi) is 3.31. The zero-order chi connectivity index (χ0) is 8.10. The summed E-state index contributed by atoms with van der Waals surface area (Å²) in [7, 11) is 0. The summed E-state index contributed by atoms with van der Waals surface area (Å²) >= 11 is 1.79. The fraction of sp³-hybridized carbons (Fsp3) is 0.625. The summed E-state index contributed by atoms with van der Waals surface area (Å²) in [4.78, 5) is 11.1. The molecule has 1 unspecified atom stereocenters. The molecule has 0 aliphatic carbocycles. The van der Waals surface area contributed by atoms with E-state index in [9.17, 15) is 4.79 Å². The van der Waals surface area contributed by atoms with Crippen LogP contribution in [-0.4, -0.2) is 24.1 Å². The summed E-state index contributed by atoms with van der Waals surface area (Å²) in [5, 5.41) is 0. The van der Waals surface area contributed by atoms with Gasteiger partial charge in [0.05, 0.1) is 5.92 Å². The number of carbonyl (C=O) groups is 1. The highest BCUT2D eigenvalue weighted by Crippen LogP contribution is 2.24. The number of thioether (sulfide) groups is 1. The van der Waals surface area contributed by atoms with Gasteiger partial charge in [0, 0.05) is 5.75 Å². The molecule has 0 aromatic carbocycles. The second-order valence-corrected chi connectivity index (χ2v) is 3.52. The quantitative estimate of drug-likeness (QED) is 0.455. The number of ether oxygens (including phenoxy) is 1. The van der Waals surface area contributed by atoms with Gasteiger partial charge in [-0.1, -0.05) is 5.92 Å². The second-order valence-electron chi connectivity index (χ2n) is 2.37. The molecule has 1 aliphatic rings. The Labute approximate surface area is 70.7 Å². The molecule has 1 heterocycles. The molecule has 0 bridgehead atoms. The fourth-order valence-corrected chi connectivity index (χ4v) is 2.16. The molecule has 2 nitrogen and oxygen atoms in total. The van der Waals surface area contributed by atoms with Crippen LogP contribution in [0.1, 0.15) is 6.42 Å². The van der Waals surface area contributed by atoms with E-state index in [4.69, 9.17) is 11.2 Å². The molecule has 0 spiro atoms. The van der Waals surface area contributed by atoms with Crippen molar-refractivity contribution in [2.75, 3.05) is 18.1 Å². The summed E-state index contributed by atoms with van der Waals surface area (Å²) in [5.74, 6) is 4.19. The minimum atomic E-state index is -0.132. The molecule has 1 rings (SSSR count). The van der Waals surface area contributed by atoms with Gasteiger partial charge in [-0.25, -0.2) is 0 Å². The van der Waals surface area contributed by atoms with Crippen molar-refractivity contribution < 1.29 is 9.53 Å². The first-order chi connectivity index (χ1) is 5.34. The maximum Gasteiger partial charge on any atom is 0.310 e. The van der Waals surface area contributed by atoms with Crippen molar-refractivity contribution in [1.82, 2.24) is 0 Å². The third kappa shape index (κ3) is 2.47. The van der Waals surface area contributed by atoms with E-state index in [1.807, 2.05) is 0 Å². The number of carbonyl (C=O) groups excluding carboxylic acids is 1. The number of rotatable bonds is 2. The van der Waals surface area contributed by atoms with Crippen molar-refractivity contribution in [1.29, 1.82) is 0 Å². The zero-order valence-electron chi connectivity index (χ0n) is 6.21. The lowest BCUT2D eigenvalue weighted by atomic mass is 10.1. The second kappa shape index (κ2) is 4.30. The molecule has 1 saturated heterocycles. The Balaban J connectivity index is 2.24. The molecular weight excluding hydrogens is 160 g/mol. The van der Waals surface area contributed by atoms with Crippen LogP contribution in [0.2, 0.25) is 0 Å². The predicted octanol–water partition coefficient (Wildman–Crippen LogP) is 0.916. The molecule has 1 aliphatic heterocycles. The maximum atomic E-state index is 11.1. The van der Waals surface area contributed by atoms with E-state index >= 15 is 0 Å². The Hall–Kier alpha value is -0.620. The number of hydrogen-bond donors (Lipinski definition) is 0. The van der Waals surface area contributed by atoms with Crippen molar-refractivity contribution in [3.8, 4) is 12.3 Å². The zero-order valence-corrected chi connectivity index (χ0v) is 7.02. The molecule has 11 heavy (non-hydrogen) atoms. The average Bonchev–Trinajstić information content (AvgIpc) is 2.52. The van der Waals surface area contributed by atoms with E-state index < -0.39 is 0 Å². The van der Waals surface area contributed by atoms with E-state index in [0.29, 0.717) is 0 Å². The van der Waals surface area contributed by atoms with Crippen LogP contribution in [0.5, 0.6) is 0 Å². The molecule has 0 N–H and O–H groups in total. The number of hydrogen-bond acceptors (Lipinski definition) is 3. The monoisotopic (exact) mass is 170 g/mol. The van der Waals surface area contributed by atoms with Gasteiger partial charge in [0.2, 0.25) is 0 Å². The van der Waals surface area contributed by atoms with Crippen LogP contribution in [-0.2, 0) is 9.53 Å². The minimum absolute atomic E-state index is 0.0911. The Morgan fingerprint density at radius 1 is 1.82 bits per heavy atom. The van der Waals surface area contributed by atoms with Crippen molar-refractivity contribution in [2.45, 2.75) is 6.42 Å². The topological polar surface area (TPSA) is 26.3 Å². The lowest BCUT2D eigenvalue weighted by molar-refractivity contribution is -0.146. The first kappa shape index (κ1) is 8.48. The van der Waals surface area contributed by atoms with E-state index in [-0.39, 0.29) is 18.5 Å². The molecule has 0 radical (unpaired) electrons. The highest BCUT2D eigenvalue weighted by molar-refractivity contribution is 7.99. The van der Waals surface area contributed by atoms with Crippen molar-refractivity contribution >= 4 is 17.7 Å². The van der Waals surface area contributed by atoms with Gasteiger partial charge in [-0.3, -0.25) is 4.79 Å². The minimum Gasteiger partial charge on any atom is -0.452 e. The van der Waals surface area contributed by atoms with Gasteiger partial charge in [-0.05, 0) is 12.2 Å². The molecule has 0 aromatic heterocycles. The molecular formula is C8H10O2S. The largest absolute Gasteiger partial charge is 0.452 e. The van der Waals surface area contributed by atoms with Gasteiger partial charge in [0.1, 0.15) is 0 Å². The summed E-state index contributed by atoms with van der Waals surface area (Å²) in [5.41, 5.74) is 0. The molecule has 0 aromatic rings. The van der Waals surface area contributed by atoms with E-state index in [1.54, 1.807) is 11.8 Å². The molecule has 0 saturated carbocycles. The summed E-state index contributed by atoms with van der Waals surface area (Å²) in [6.45, 7) is 0.111. The van der Waals surface area contributed by atoms with Crippen LogP contribution >= 0.6 is 11.8 Å². The normalized spacial score (nSPS) is 22.6. The van der Waals surface area contributed by atoms with Gasteiger partial charge >= 0.3 is 5.97 Å². The van der Waals surface area contributed by atoms with E-state index in [0.717, 1.165) is 17.9 Å². The lowest BCUT2D eigenvalue weighted by Crippen LogP contribution is -2.17. The first-order valence-electron chi connectivity index (χ1n) is 3.52. The van der Waals surface area contributed by atoms with Crippen molar-refractivity contribution in [3.05, 3.63) is 0 Å². The summed E-state index contributed by atoms with van der Waals surface area (Å²) in [6, 6.07) is 0. The van der Waals surface area contributed by atoms with Gasteiger partial charge in [-0.15, -0.1) is 6.42 Å². The maximum absolute atomic E-state index is 11.1. The van der Waals surface area contributed by atoms with Crippen LogP contribution in [0.15, 0.2) is 0 Å². The summed E-state index contributed by atoms with van der Waals surface area (Å²) < 4.78 is 4.79. The number of terminal acetylenes is 1. The molecule has 1 fully saturated rings. The Morgan fingerprint density at radius 3 is 3.18 bits per heavy atom. The van der Waals surface area contributed by atoms with Crippen molar-refractivity contribution in [2.24, 2.45) is 5.92 Å². The SMILES string of the molecule is C#CCOC(=O)C1CCSC1. The van der Waals surface area contributed by atoms with Gasteiger partial charge in [0.25, 0.3) is 0 Å². The number of esters is 1. The standard InChI is InChI=1S/C8H10O2S/c1-2-4-10-8(9)7-3-5-11-6-7/h1,7H,3-6H2. The smallest absolute Gasteiger partial charge is 0.310 e. The van der Waals surface area contributed by atoms with Crippen molar-refractivity contribution in [3.63, 3.8) is 0 Å². The fourth-order valence-electron chi connectivity index (χ4n) is 0.951.